The highest BCUT2D eigenvalue weighted by Gasteiger charge is 2.52. The summed E-state index contributed by atoms with van der Waals surface area (Å²) in [5.74, 6) is 2.50. The van der Waals surface area contributed by atoms with E-state index in [2.05, 4.69) is 16.8 Å². The minimum absolute atomic E-state index is 0.340. The first-order chi connectivity index (χ1) is 6.72. The number of hydrogen-bond acceptors (Lipinski definition) is 3. The van der Waals surface area contributed by atoms with Crippen molar-refractivity contribution in [2.75, 3.05) is 13.1 Å². The van der Waals surface area contributed by atoms with Gasteiger partial charge in [-0.2, -0.15) is 0 Å². The number of guanidine groups is 1. The van der Waals surface area contributed by atoms with Crippen molar-refractivity contribution in [3.05, 3.63) is 0 Å². The SMILES string of the molecule is CC1CCC12CN=C(N)N2CC1CC1. The number of hydrogen-bond donors (Lipinski definition) is 1. The van der Waals surface area contributed by atoms with Crippen LogP contribution in [0.3, 0.4) is 0 Å². The molecule has 2 fully saturated rings. The van der Waals surface area contributed by atoms with E-state index < -0.39 is 0 Å². The Labute approximate surface area is 85.4 Å². The Hall–Kier alpha value is -0.730. The third-order valence-corrected chi connectivity index (χ3v) is 4.39. The van der Waals surface area contributed by atoms with Gasteiger partial charge in [-0.05, 0) is 37.5 Å². The van der Waals surface area contributed by atoms with Crippen molar-refractivity contribution < 1.29 is 0 Å². The van der Waals surface area contributed by atoms with Gasteiger partial charge in [-0.15, -0.1) is 0 Å². The fraction of sp³-hybridized carbons (Fsp3) is 0.909. The lowest BCUT2D eigenvalue weighted by Crippen LogP contribution is -2.61. The van der Waals surface area contributed by atoms with Crippen LogP contribution in [-0.2, 0) is 0 Å². The van der Waals surface area contributed by atoms with E-state index in [1.807, 2.05) is 0 Å². The van der Waals surface area contributed by atoms with Gasteiger partial charge in [-0.1, -0.05) is 6.92 Å². The topological polar surface area (TPSA) is 41.6 Å². The Morgan fingerprint density at radius 2 is 2.29 bits per heavy atom. The molecule has 0 amide bonds. The standard InChI is InChI=1S/C11H19N3/c1-8-4-5-11(8)7-13-10(12)14(11)6-9-2-3-9/h8-9H,2-7H2,1H3,(H2,12,13). The van der Waals surface area contributed by atoms with Gasteiger partial charge in [-0.25, -0.2) is 0 Å². The fourth-order valence-corrected chi connectivity index (χ4v) is 2.85. The Bertz CT molecular complexity index is 282. The predicted octanol–water partition coefficient (Wildman–Crippen LogP) is 1.20. The molecule has 0 bridgehead atoms. The average Bonchev–Trinajstić information content (AvgIpc) is 2.91. The highest BCUT2D eigenvalue weighted by molar-refractivity contribution is 5.81. The predicted molar refractivity (Wildman–Crippen MR) is 57.0 cm³/mol. The first-order valence-electron chi connectivity index (χ1n) is 5.80. The van der Waals surface area contributed by atoms with Crippen LogP contribution in [0.4, 0.5) is 0 Å². The van der Waals surface area contributed by atoms with Crippen molar-refractivity contribution in [1.29, 1.82) is 0 Å². The monoisotopic (exact) mass is 193 g/mol. The van der Waals surface area contributed by atoms with E-state index in [1.165, 1.54) is 32.2 Å². The van der Waals surface area contributed by atoms with Crippen molar-refractivity contribution in [1.82, 2.24) is 4.90 Å². The third-order valence-electron chi connectivity index (χ3n) is 4.39. The van der Waals surface area contributed by atoms with Gasteiger partial charge in [-0.3, -0.25) is 4.99 Å². The van der Waals surface area contributed by atoms with Crippen molar-refractivity contribution >= 4 is 5.96 Å². The summed E-state index contributed by atoms with van der Waals surface area (Å²) in [6.45, 7) is 4.46. The molecule has 1 aliphatic heterocycles. The van der Waals surface area contributed by atoms with Crippen LogP contribution < -0.4 is 5.73 Å². The lowest BCUT2D eigenvalue weighted by atomic mass is 9.67. The maximum absolute atomic E-state index is 5.98. The summed E-state index contributed by atoms with van der Waals surface area (Å²) in [5.41, 5.74) is 6.32. The second-order valence-corrected chi connectivity index (χ2v) is 5.27. The molecule has 0 aromatic heterocycles. The van der Waals surface area contributed by atoms with E-state index >= 15 is 0 Å². The Morgan fingerprint density at radius 1 is 1.50 bits per heavy atom. The quantitative estimate of drug-likeness (QED) is 0.716. The molecule has 0 aromatic rings. The molecule has 0 saturated heterocycles. The van der Waals surface area contributed by atoms with Crippen molar-refractivity contribution in [3.63, 3.8) is 0 Å². The molecule has 1 heterocycles. The number of rotatable bonds is 2. The van der Waals surface area contributed by atoms with Crippen LogP contribution in [0.2, 0.25) is 0 Å². The smallest absolute Gasteiger partial charge is 0.191 e. The summed E-state index contributed by atoms with van der Waals surface area (Å²) in [5, 5.41) is 0. The molecule has 0 aromatic carbocycles. The Morgan fingerprint density at radius 3 is 2.79 bits per heavy atom. The summed E-state index contributed by atoms with van der Waals surface area (Å²) in [7, 11) is 0. The van der Waals surface area contributed by atoms with Crippen LogP contribution >= 0.6 is 0 Å². The largest absolute Gasteiger partial charge is 0.370 e. The first kappa shape index (κ1) is 8.57. The Balaban J connectivity index is 1.78. The first-order valence-corrected chi connectivity index (χ1v) is 5.80. The van der Waals surface area contributed by atoms with Gasteiger partial charge in [0.05, 0.1) is 12.1 Å². The molecule has 3 heteroatoms. The molecule has 3 nitrogen and oxygen atoms in total. The molecular weight excluding hydrogens is 174 g/mol. The minimum Gasteiger partial charge on any atom is -0.370 e. The van der Waals surface area contributed by atoms with E-state index in [1.54, 1.807) is 0 Å². The third kappa shape index (κ3) is 1.01. The number of nitrogens with zero attached hydrogens (tertiary/aromatic N) is 2. The summed E-state index contributed by atoms with van der Waals surface area (Å²) in [6.07, 6.45) is 5.44. The van der Waals surface area contributed by atoms with E-state index in [4.69, 9.17) is 5.73 Å². The molecule has 3 rings (SSSR count). The van der Waals surface area contributed by atoms with E-state index in [9.17, 15) is 0 Å². The molecule has 2 unspecified atom stereocenters. The molecule has 2 N–H and O–H groups in total. The lowest BCUT2D eigenvalue weighted by molar-refractivity contribution is 0.0297. The molecule has 14 heavy (non-hydrogen) atoms. The minimum atomic E-state index is 0.340. The van der Waals surface area contributed by atoms with Crippen LogP contribution in [0.25, 0.3) is 0 Å². The highest BCUT2D eigenvalue weighted by Crippen LogP contribution is 2.47. The van der Waals surface area contributed by atoms with E-state index in [-0.39, 0.29) is 0 Å². The highest BCUT2D eigenvalue weighted by atomic mass is 15.4. The molecule has 1 spiro atoms. The summed E-state index contributed by atoms with van der Waals surface area (Å²) in [4.78, 5) is 6.86. The molecule has 78 valence electrons. The van der Waals surface area contributed by atoms with Gasteiger partial charge in [0.2, 0.25) is 0 Å². The van der Waals surface area contributed by atoms with Crippen molar-refractivity contribution in [2.24, 2.45) is 22.6 Å². The lowest BCUT2D eigenvalue weighted by Gasteiger charge is -2.51. The molecule has 0 radical (unpaired) electrons. The zero-order chi connectivity index (χ0) is 9.76. The summed E-state index contributed by atoms with van der Waals surface area (Å²) < 4.78 is 0. The zero-order valence-electron chi connectivity index (χ0n) is 8.87. The number of nitrogens with two attached hydrogens (primary N) is 1. The molecule has 2 aliphatic carbocycles. The van der Waals surface area contributed by atoms with Crippen LogP contribution in [0.1, 0.15) is 32.6 Å². The maximum Gasteiger partial charge on any atom is 0.191 e. The Kier molecular flexibility index (Phi) is 1.62. The van der Waals surface area contributed by atoms with Crippen LogP contribution in [-0.4, -0.2) is 29.5 Å². The van der Waals surface area contributed by atoms with Crippen LogP contribution in [0.15, 0.2) is 4.99 Å². The second-order valence-electron chi connectivity index (χ2n) is 5.27. The van der Waals surface area contributed by atoms with Gasteiger partial charge in [0.1, 0.15) is 0 Å². The van der Waals surface area contributed by atoms with Crippen LogP contribution in [0, 0.1) is 11.8 Å². The fourth-order valence-electron chi connectivity index (χ4n) is 2.85. The molecular formula is C11H19N3. The molecule has 2 atom stereocenters. The number of aliphatic imine (C=N–C) groups is 1. The van der Waals surface area contributed by atoms with E-state index in [0.29, 0.717) is 5.54 Å². The van der Waals surface area contributed by atoms with E-state index in [0.717, 1.165) is 24.3 Å². The van der Waals surface area contributed by atoms with Gasteiger partial charge >= 0.3 is 0 Å². The maximum atomic E-state index is 5.98. The van der Waals surface area contributed by atoms with Gasteiger partial charge in [0.25, 0.3) is 0 Å². The average molecular weight is 193 g/mol. The zero-order valence-corrected chi connectivity index (χ0v) is 8.87. The van der Waals surface area contributed by atoms with Crippen molar-refractivity contribution in [3.8, 4) is 0 Å². The van der Waals surface area contributed by atoms with Crippen LogP contribution in [0.5, 0.6) is 0 Å². The van der Waals surface area contributed by atoms with Gasteiger partial charge in [0, 0.05) is 6.54 Å². The normalized spacial score (nSPS) is 41.4. The second kappa shape index (κ2) is 2.65. The van der Waals surface area contributed by atoms with Crippen molar-refractivity contribution in [2.45, 2.75) is 38.1 Å². The molecule has 2 saturated carbocycles. The summed E-state index contributed by atoms with van der Waals surface area (Å²) >= 11 is 0. The summed E-state index contributed by atoms with van der Waals surface area (Å²) in [6, 6.07) is 0. The molecule has 3 aliphatic rings. The van der Waals surface area contributed by atoms with Gasteiger partial charge < -0.3 is 10.6 Å². The van der Waals surface area contributed by atoms with Gasteiger partial charge in [0.15, 0.2) is 5.96 Å².